The first-order valence-corrected chi connectivity index (χ1v) is 11.3. The van der Waals surface area contributed by atoms with Crippen molar-refractivity contribution in [3.8, 4) is 47.4 Å². The molecule has 0 fully saturated rings. The van der Waals surface area contributed by atoms with Gasteiger partial charge in [-0.05, 0) is 72.2 Å². The first-order valence-electron chi connectivity index (χ1n) is 11.3. The number of esters is 4. The molecule has 0 aliphatic heterocycles. The molecule has 0 amide bonds. The van der Waals surface area contributed by atoms with E-state index in [4.69, 9.17) is 9.47 Å². The van der Waals surface area contributed by atoms with E-state index >= 15 is 0 Å². The highest BCUT2D eigenvalue weighted by Gasteiger charge is 2.47. The van der Waals surface area contributed by atoms with Gasteiger partial charge in [-0.2, -0.15) is 0 Å². The normalized spacial score (nSPS) is 9.33. The van der Waals surface area contributed by atoms with E-state index in [-0.39, 0.29) is 12.8 Å². The molecule has 0 radical (unpaired) electrons. The third-order valence-electron chi connectivity index (χ3n) is 5.26. The van der Waals surface area contributed by atoms with E-state index in [2.05, 4.69) is 56.8 Å². The van der Waals surface area contributed by atoms with E-state index in [0.29, 0.717) is 22.3 Å². The van der Waals surface area contributed by atoms with E-state index in [1.165, 1.54) is 14.2 Å². The molecule has 0 saturated heterocycles. The van der Waals surface area contributed by atoms with Crippen molar-refractivity contribution in [2.75, 3.05) is 28.4 Å². The van der Waals surface area contributed by atoms with Gasteiger partial charge in [-0.3, -0.25) is 9.59 Å². The molecular weight excluding hydrogens is 500 g/mol. The van der Waals surface area contributed by atoms with Crippen LogP contribution in [0.2, 0.25) is 0 Å². The number of methoxy groups -OCH3 is 4. The van der Waals surface area contributed by atoms with Crippen LogP contribution in [0.25, 0.3) is 0 Å². The van der Waals surface area contributed by atoms with Gasteiger partial charge in [-0.25, -0.2) is 9.59 Å². The fourth-order valence-electron chi connectivity index (χ4n) is 3.13. The molecule has 0 atom stereocenters. The Morgan fingerprint density at radius 3 is 1.23 bits per heavy atom. The summed E-state index contributed by atoms with van der Waals surface area (Å²) in [6.07, 6.45) is -0.501. The molecule has 8 heteroatoms. The van der Waals surface area contributed by atoms with E-state index in [9.17, 15) is 19.2 Å². The fourth-order valence-corrected chi connectivity index (χ4v) is 3.13. The molecule has 0 unspecified atom stereocenters. The van der Waals surface area contributed by atoms with Crippen LogP contribution in [0.3, 0.4) is 0 Å². The summed E-state index contributed by atoms with van der Waals surface area (Å²) >= 11 is 0. The molecule has 0 aliphatic rings. The Kier molecular flexibility index (Phi) is 11.4. The Hall–Kier alpha value is -5.44. The van der Waals surface area contributed by atoms with Gasteiger partial charge in [-0.15, -0.1) is 0 Å². The summed E-state index contributed by atoms with van der Waals surface area (Å²) < 4.78 is 19.0. The van der Waals surface area contributed by atoms with Crippen molar-refractivity contribution in [1.82, 2.24) is 0 Å². The molecule has 39 heavy (non-hydrogen) atoms. The van der Waals surface area contributed by atoms with Crippen molar-refractivity contribution in [3.63, 3.8) is 0 Å². The monoisotopic (exact) mass is 524 g/mol. The van der Waals surface area contributed by atoms with Gasteiger partial charge in [0.25, 0.3) is 0 Å². The Bertz CT molecular complexity index is 1350. The molecule has 0 N–H and O–H groups in total. The van der Waals surface area contributed by atoms with Crippen LogP contribution in [-0.4, -0.2) is 52.3 Å². The summed E-state index contributed by atoms with van der Waals surface area (Å²) in [5, 5.41) is 0. The maximum absolute atomic E-state index is 12.6. The van der Waals surface area contributed by atoms with Gasteiger partial charge in [0, 0.05) is 24.0 Å². The van der Waals surface area contributed by atoms with Gasteiger partial charge in [0.15, 0.2) is 5.41 Å². The molecule has 0 aliphatic carbocycles. The lowest BCUT2D eigenvalue weighted by Gasteiger charge is -2.23. The molecule has 196 valence electrons. The van der Waals surface area contributed by atoms with E-state index < -0.39 is 29.3 Å². The van der Waals surface area contributed by atoms with Crippen molar-refractivity contribution in [2.24, 2.45) is 5.41 Å². The zero-order valence-electron chi connectivity index (χ0n) is 21.8. The van der Waals surface area contributed by atoms with Crippen LogP contribution in [0.15, 0.2) is 48.5 Å². The lowest BCUT2D eigenvalue weighted by atomic mass is 9.81. The highest BCUT2D eigenvalue weighted by Crippen LogP contribution is 2.29. The second-order valence-corrected chi connectivity index (χ2v) is 7.66. The predicted molar refractivity (Wildman–Crippen MR) is 141 cm³/mol. The van der Waals surface area contributed by atoms with Crippen molar-refractivity contribution in [2.45, 2.75) is 12.8 Å². The molecule has 8 nitrogen and oxygen atoms in total. The van der Waals surface area contributed by atoms with Gasteiger partial charge in [0.2, 0.25) is 0 Å². The minimum atomic E-state index is -1.79. The van der Waals surface area contributed by atoms with Crippen LogP contribution >= 0.6 is 0 Å². The average Bonchev–Trinajstić information content (AvgIpc) is 2.98. The first kappa shape index (κ1) is 29.8. The average molecular weight is 525 g/mol. The van der Waals surface area contributed by atoms with Crippen molar-refractivity contribution < 1.29 is 38.1 Å². The fraction of sp³-hybridized carbons (Fsp3) is 0.226. The van der Waals surface area contributed by atoms with Crippen LogP contribution < -0.4 is 0 Å². The zero-order valence-corrected chi connectivity index (χ0v) is 21.8. The van der Waals surface area contributed by atoms with Gasteiger partial charge in [-0.1, -0.05) is 23.7 Å². The minimum Gasteiger partial charge on any atom is -0.468 e. The van der Waals surface area contributed by atoms with Gasteiger partial charge in [0.1, 0.15) is 0 Å². The smallest absolute Gasteiger partial charge is 0.337 e. The molecule has 0 heterocycles. The van der Waals surface area contributed by atoms with E-state index in [0.717, 1.165) is 14.2 Å². The summed E-state index contributed by atoms with van der Waals surface area (Å²) in [6, 6.07) is 12.8. The van der Waals surface area contributed by atoms with Gasteiger partial charge < -0.3 is 18.9 Å². The summed E-state index contributed by atoms with van der Waals surface area (Å²) in [5.41, 5.74) is 0.189. The molecule has 2 aromatic rings. The number of hydrogen-bond acceptors (Lipinski definition) is 8. The minimum absolute atomic E-state index is 0.251. The maximum Gasteiger partial charge on any atom is 0.337 e. The summed E-state index contributed by atoms with van der Waals surface area (Å²) in [7, 11) is 4.89. The SMILES string of the molecule is COC(=O)c1ccc(C#CC#CCC(CC#CC#Cc2ccc(C(=O)OC)cc2)(C(=O)OC)C(=O)OC)cc1. The van der Waals surface area contributed by atoms with Crippen LogP contribution in [0.4, 0.5) is 0 Å². The molecule has 0 aromatic heterocycles. The lowest BCUT2D eigenvalue weighted by molar-refractivity contribution is -0.168. The Morgan fingerprint density at radius 2 is 0.923 bits per heavy atom. The standard InChI is InChI=1S/C31H24O8/c1-36-27(32)25-17-13-23(14-18-25)11-7-5-9-21-31(29(34)38-3,30(35)39-4)22-10-6-8-12-24-15-19-26(20-16-24)28(33)37-2/h13-20H,21-22H2,1-4H3. The molecule has 0 saturated carbocycles. The Labute approximate surface area is 227 Å². The number of ether oxygens (including phenoxy) is 4. The second kappa shape index (κ2) is 15.0. The molecular formula is C31H24O8. The number of carbonyl (C=O) groups is 4. The first-order chi connectivity index (χ1) is 18.8. The van der Waals surface area contributed by atoms with E-state index in [1.54, 1.807) is 48.5 Å². The summed E-state index contributed by atoms with van der Waals surface area (Å²) in [4.78, 5) is 48.3. The topological polar surface area (TPSA) is 105 Å². The van der Waals surface area contributed by atoms with Gasteiger partial charge >= 0.3 is 23.9 Å². The van der Waals surface area contributed by atoms with Crippen LogP contribution in [0.1, 0.15) is 44.7 Å². The lowest BCUT2D eigenvalue weighted by Crippen LogP contribution is -2.40. The van der Waals surface area contributed by atoms with Crippen molar-refractivity contribution >= 4 is 23.9 Å². The highest BCUT2D eigenvalue weighted by molar-refractivity contribution is 6.00. The van der Waals surface area contributed by atoms with Crippen LogP contribution in [-0.2, 0) is 28.5 Å². The highest BCUT2D eigenvalue weighted by atomic mass is 16.5. The summed E-state index contributed by atoms with van der Waals surface area (Å²) in [6.45, 7) is 0. The predicted octanol–water partition coefficient (Wildman–Crippen LogP) is 2.78. The van der Waals surface area contributed by atoms with Crippen molar-refractivity contribution in [1.29, 1.82) is 0 Å². The maximum atomic E-state index is 12.6. The van der Waals surface area contributed by atoms with E-state index in [1.807, 2.05) is 0 Å². The zero-order chi connectivity index (χ0) is 28.7. The molecule has 0 bridgehead atoms. The number of hydrogen-bond donors (Lipinski definition) is 0. The summed E-state index contributed by atoms with van der Waals surface area (Å²) in [5.74, 6) is 18.9. The number of carbonyl (C=O) groups excluding carboxylic acids is 4. The van der Waals surface area contributed by atoms with Crippen LogP contribution in [0.5, 0.6) is 0 Å². The molecule has 2 aromatic carbocycles. The Morgan fingerprint density at radius 1 is 0.564 bits per heavy atom. The molecule has 0 spiro atoms. The largest absolute Gasteiger partial charge is 0.468 e. The quantitative estimate of drug-likeness (QED) is 0.246. The third kappa shape index (κ3) is 8.29. The van der Waals surface area contributed by atoms with Crippen molar-refractivity contribution in [3.05, 3.63) is 70.8 Å². The van der Waals surface area contributed by atoms with Gasteiger partial charge in [0.05, 0.1) is 39.6 Å². The Balaban J connectivity index is 2.20. The van der Waals surface area contributed by atoms with Crippen LogP contribution in [0, 0.1) is 52.8 Å². The number of benzene rings is 2. The molecule has 2 rings (SSSR count). The third-order valence-corrected chi connectivity index (χ3v) is 5.26. The number of rotatable bonds is 6. The second-order valence-electron chi connectivity index (χ2n) is 7.66.